The summed E-state index contributed by atoms with van der Waals surface area (Å²) in [5.74, 6) is 0. The third kappa shape index (κ3) is 2.73. The topological polar surface area (TPSA) is 15.3 Å². The molecule has 1 fully saturated rings. The first-order valence-corrected chi connectivity index (χ1v) is 6.64. The number of nitrogens with one attached hydrogen (secondary N) is 1. The second-order valence-electron chi connectivity index (χ2n) is 4.83. The third-order valence-corrected chi connectivity index (χ3v) is 4.55. The Kier molecular flexibility index (Phi) is 5.07. The molecule has 0 aliphatic carbocycles. The van der Waals surface area contributed by atoms with Gasteiger partial charge < -0.3 is 5.32 Å². The minimum Gasteiger partial charge on any atom is -0.317 e. The number of piperidine rings is 1. The van der Waals surface area contributed by atoms with Gasteiger partial charge in [-0.05, 0) is 39.2 Å². The van der Waals surface area contributed by atoms with Crippen LogP contribution in [0.15, 0.2) is 0 Å². The molecule has 1 saturated heterocycles. The zero-order valence-corrected chi connectivity index (χ0v) is 11.0. The highest BCUT2D eigenvalue weighted by Crippen LogP contribution is 2.30. The minimum absolute atomic E-state index is 0.485. The molecule has 0 aromatic carbocycles. The van der Waals surface area contributed by atoms with Crippen molar-refractivity contribution in [3.05, 3.63) is 0 Å². The lowest BCUT2D eigenvalue weighted by atomic mass is 9.85. The molecule has 0 saturated carbocycles. The Labute approximate surface area is 95.4 Å². The van der Waals surface area contributed by atoms with Gasteiger partial charge in [-0.25, -0.2) is 0 Å². The normalized spacial score (nSPS) is 20.8. The summed E-state index contributed by atoms with van der Waals surface area (Å²) in [7, 11) is 2.09. The Balaban J connectivity index is 2.56. The first-order chi connectivity index (χ1) is 7.22. The van der Waals surface area contributed by atoms with E-state index in [9.17, 15) is 0 Å². The molecule has 0 unspecified atom stereocenters. The summed E-state index contributed by atoms with van der Waals surface area (Å²) in [6.45, 7) is 9.59. The summed E-state index contributed by atoms with van der Waals surface area (Å²) in [6, 6.07) is 0.754. The molecule has 1 aliphatic heterocycles. The van der Waals surface area contributed by atoms with Crippen LogP contribution in [0.1, 0.15) is 52.9 Å². The van der Waals surface area contributed by atoms with Crippen molar-refractivity contribution in [2.45, 2.75) is 64.5 Å². The highest BCUT2D eigenvalue weighted by atomic mass is 15.2. The molecular weight excluding hydrogens is 184 g/mol. The minimum atomic E-state index is 0.485. The maximum absolute atomic E-state index is 3.40. The molecule has 1 heterocycles. The quantitative estimate of drug-likeness (QED) is 0.753. The molecule has 2 nitrogen and oxygen atoms in total. The molecule has 0 atom stereocenters. The molecule has 1 rings (SSSR count). The Morgan fingerprint density at radius 1 is 1.07 bits per heavy atom. The number of likely N-dealkylation sites (tertiary alicyclic amines) is 1. The third-order valence-electron chi connectivity index (χ3n) is 4.55. The number of hydrogen-bond acceptors (Lipinski definition) is 2. The predicted molar refractivity (Wildman–Crippen MR) is 67.3 cm³/mol. The lowest BCUT2D eigenvalue weighted by Gasteiger charge is -2.46. The molecule has 0 aromatic heterocycles. The van der Waals surface area contributed by atoms with Gasteiger partial charge in [0, 0.05) is 24.7 Å². The summed E-state index contributed by atoms with van der Waals surface area (Å²) in [5.41, 5.74) is 0.485. The molecule has 0 spiro atoms. The maximum Gasteiger partial charge on any atom is 0.0201 e. The van der Waals surface area contributed by atoms with Gasteiger partial charge in [-0.1, -0.05) is 20.8 Å². The Morgan fingerprint density at radius 3 is 1.87 bits per heavy atom. The van der Waals surface area contributed by atoms with Gasteiger partial charge in [-0.2, -0.15) is 0 Å². The van der Waals surface area contributed by atoms with Crippen LogP contribution in [-0.2, 0) is 0 Å². The highest BCUT2D eigenvalue weighted by Gasteiger charge is 2.33. The lowest BCUT2D eigenvalue weighted by Crippen LogP contribution is -2.53. The summed E-state index contributed by atoms with van der Waals surface area (Å²) in [4.78, 5) is 2.74. The first-order valence-electron chi connectivity index (χ1n) is 6.64. The summed E-state index contributed by atoms with van der Waals surface area (Å²) in [6.07, 6.45) is 6.52. The van der Waals surface area contributed by atoms with E-state index in [4.69, 9.17) is 0 Å². The highest BCUT2D eigenvalue weighted by molar-refractivity contribution is 4.90. The van der Waals surface area contributed by atoms with Gasteiger partial charge in [0.25, 0.3) is 0 Å². The van der Waals surface area contributed by atoms with Crippen molar-refractivity contribution in [2.75, 3.05) is 20.1 Å². The fourth-order valence-electron chi connectivity index (χ4n) is 3.06. The van der Waals surface area contributed by atoms with Crippen molar-refractivity contribution >= 4 is 0 Å². The van der Waals surface area contributed by atoms with Gasteiger partial charge >= 0.3 is 0 Å². The molecule has 90 valence electrons. The summed E-state index contributed by atoms with van der Waals surface area (Å²) < 4.78 is 0. The second kappa shape index (κ2) is 5.86. The molecule has 0 aromatic rings. The maximum atomic E-state index is 3.40. The summed E-state index contributed by atoms with van der Waals surface area (Å²) in [5, 5.41) is 3.40. The standard InChI is InChI=1S/C13H28N2/c1-5-13(6-2,7-3)15-10-8-12(14-4)9-11-15/h12,14H,5-11H2,1-4H3. The average molecular weight is 212 g/mol. The van der Waals surface area contributed by atoms with Gasteiger partial charge in [0.15, 0.2) is 0 Å². The monoisotopic (exact) mass is 212 g/mol. The molecule has 0 radical (unpaired) electrons. The second-order valence-corrected chi connectivity index (χ2v) is 4.83. The summed E-state index contributed by atoms with van der Waals surface area (Å²) >= 11 is 0. The SMILES string of the molecule is CCC(CC)(CC)N1CCC(NC)CC1. The van der Waals surface area contributed by atoms with E-state index in [-0.39, 0.29) is 0 Å². The van der Waals surface area contributed by atoms with Crippen LogP contribution in [0.4, 0.5) is 0 Å². The van der Waals surface area contributed by atoms with Crippen molar-refractivity contribution < 1.29 is 0 Å². The molecule has 0 amide bonds. The van der Waals surface area contributed by atoms with Gasteiger partial charge in [-0.15, -0.1) is 0 Å². The Morgan fingerprint density at radius 2 is 1.53 bits per heavy atom. The molecule has 1 aliphatic rings. The van der Waals surface area contributed by atoms with E-state index in [2.05, 4.69) is 38.0 Å². The van der Waals surface area contributed by atoms with Crippen LogP contribution in [0.5, 0.6) is 0 Å². The van der Waals surface area contributed by atoms with E-state index in [0.717, 1.165) is 6.04 Å². The lowest BCUT2D eigenvalue weighted by molar-refractivity contribution is 0.0463. The van der Waals surface area contributed by atoms with Gasteiger partial charge in [-0.3, -0.25) is 4.90 Å². The number of rotatable bonds is 5. The molecule has 2 heteroatoms. The molecule has 0 bridgehead atoms. The van der Waals surface area contributed by atoms with Crippen molar-refractivity contribution in [3.63, 3.8) is 0 Å². The van der Waals surface area contributed by atoms with Crippen molar-refractivity contribution in [1.29, 1.82) is 0 Å². The molecule has 1 N–H and O–H groups in total. The van der Waals surface area contributed by atoms with Crippen LogP contribution in [0, 0.1) is 0 Å². The zero-order chi connectivity index (χ0) is 11.3. The van der Waals surface area contributed by atoms with Crippen molar-refractivity contribution in [1.82, 2.24) is 10.2 Å². The fourth-order valence-corrected chi connectivity index (χ4v) is 3.06. The van der Waals surface area contributed by atoms with E-state index in [0.29, 0.717) is 5.54 Å². The number of nitrogens with zero attached hydrogens (tertiary/aromatic N) is 1. The molecular formula is C13H28N2. The Hall–Kier alpha value is -0.0800. The van der Waals surface area contributed by atoms with Crippen LogP contribution < -0.4 is 5.32 Å². The van der Waals surface area contributed by atoms with Crippen LogP contribution in [0.25, 0.3) is 0 Å². The van der Waals surface area contributed by atoms with Gasteiger partial charge in [0.2, 0.25) is 0 Å². The van der Waals surface area contributed by atoms with Crippen LogP contribution in [0.3, 0.4) is 0 Å². The number of hydrogen-bond donors (Lipinski definition) is 1. The zero-order valence-electron chi connectivity index (χ0n) is 11.0. The van der Waals surface area contributed by atoms with Crippen LogP contribution in [0.2, 0.25) is 0 Å². The van der Waals surface area contributed by atoms with Crippen molar-refractivity contribution in [3.8, 4) is 0 Å². The first kappa shape index (κ1) is 13.0. The van der Waals surface area contributed by atoms with E-state index in [1.54, 1.807) is 0 Å². The fraction of sp³-hybridized carbons (Fsp3) is 1.00. The molecule has 15 heavy (non-hydrogen) atoms. The van der Waals surface area contributed by atoms with Crippen molar-refractivity contribution in [2.24, 2.45) is 0 Å². The largest absolute Gasteiger partial charge is 0.317 e. The average Bonchev–Trinajstić information content (AvgIpc) is 2.33. The van der Waals surface area contributed by atoms with E-state index >= 15 is 0 Å². The van der Waals surface area contributed by atoms with Gasteiger partial charge in [0.1, 0.15) is 0 Å². The van der Waals surface area contributed by atoms with Crippen LogP contribution >= 0.6 is 0 Å². The smallest absolute Gasteiger partial charge is 0.0201 e. The van der Waals surface area contributed by atoms with E-state index in [1.807, 2.05) is 0 Å². The van der Waals surface area contributed by atoms with E-state index in [1.165, 1.54) is 45.2 Å². The predicted octanol–water partition coefficient (Wildman–Crippen LogP) is 2.64. The Bertz CT molecular complexity index is 159. The van der Waals surface area contributed by atoms with Gasteiger partial charge in [0.05, 0.1) is 0 Å². The van der Waals surface area contributed by atoms with E-state index < -0.39 is 0 Å². The van der Waals surface area contributed by atoms with Crippen LogP contribution in [-0.4, -0.2) is 36.6 Å².